The molecule has 0 radical (unpaired) electrons. The molecule has 17 rings (SSSR count). The molecule has 14 aromatic rings. The van der Waals surface area contributed by atoms with E-state index in [0.717, 1.165) is 121 Å². The fourth-order valence-corrected chi connectivity index (χ4v) is 22.4. The van der Waals surface area contributed by atoms with Gasteiger partial charge in [-0.3, -0.25) is 4.98 Å². The quantitative estimate of drug-likeness (QED) is 0.0181. The molecule has 13 aromatic carbocycles. The molecule has 0 atom stereocenters. The molecule has 0 saturated carbocycles. The average Bonchev–Trinajstić information content (AvgIpc) is 1.80. The van der Waals surface area contributed by atoms with Crippen LogP contribution < -0.4 is 45.4 Å². The van der Waals surface area contributed by atoms with E-state index in [2.05, 4.69) is 471 Å². The molecule has 0 N–H and O–H groups in total. The van der Waals surface area contributed by atoms with Gasteiger partial charge in [0.2, 0.25) is 0 Å². The van der Waals surface area contributed by atoms with Gasteiger partial charge in [-0.1, -0.05) is 396 Å². The lowest BCUT2D eigenvalue weighted by Gasteiger charge is -2.36. The van der Waals surface area contributed by atoms with Crippen molar-refractivity contribution in [2.24, 2.45) is 0 Å². The molecular weight excluding hydrogens is 1840 g/mol. The van der Waals surface area contributed by atoms with E-state index in [1.54, 1.807) is 23.1 Å². The first-order valence-electron chi connectivity index (χ1n) is 50.6. The van der Waals surface area contributed by atoms with Crippen LogP contribution in [0.3, 0.4) is 0 Å². The molecule has 1 aromatic heterocycles. The monoisotopic (exact) mass is 1990 g/mol. The van der Waals surface area contributed by atoms with Gasteiger partial charge in [-0.05, 0) is 279 Å². The number of rotatable bonds is 31. The molecule has 752 valence electrons. The van der Waals surface area contributed by atoms with Gasteiger partial charge < -0.3 is 43.1 Å². The van der Waals surface area contributed by atoms with Gasteiger partial charge in [-0.2, -0.15) is 0 Å². The summed E-state index contributed by atoms with van der Waals surface area (Å²) in [5.74, 6) is 0.930. The number of aromatic nitrogens is 1. The first kappa shape index (κ1) is 115. The van der Waals surface area contributed by atoms with Crippen LogP contribution in [-0.4, -0.2) is 149 Å². The third-order valence-corrected chi connectivity index (χ3v) is 37.5. The Kier molecular flexibility index (Phi) is 49.6. The highest BCUT2D eigenvalue weighted by Crippen LogP contribution is 2.38. The number of para-hydroxylation sites is 2. The second-order valence-corrected chi connectivity index (χ2v) is 50.1. The summed E-state index contributed by atoms with van der Waals surface area (Å²) in [7, 11) is 4.92. The molecule has 0 amide bonds. The lowest BCUT2D eigenvalue weighted by atomic mass is 10.1. The fraction of sp³-hybridized carbons (Fsp3) is 0.229. The minimum absolute atomic E-state index is 0.275. The number of benzene rings is 13. The highest BCUT2D eigenvalue weighted by molar-refractivity contribution is 7.98. The van der Waals surface area contributed by atoms with Gasteiger partial charge in [0.05, 0.1) is 18.9 Å². The van der Waals surface area contributed by atoms with Crippen LogP contribution >= 0.6 is 19.7 Å². The zero-order chi connectivity index (χ0) is 104. The fourth-order valence-electron chi connectivity index (χ4n) is 15.9. The highest BCUT2D eigenvalue weighted by atomic mass is 32.2. The van der Waals surface area contributed by atoms with Gasteiger partial charge in [0, 0.05) is 110 Å². The maximum Gasteiger partial charge on any atom is 0.192 e. The lowest BCUT2D eigenvalue weighted by Crippen LogP contribution is -2.56. The van der Waals surface area contributed by atoms with E-state index in [1.807, 2.05) is 121 Å². The number of pyridine rings is 1. The Morgan fingerprint density at radius 3 is 1.10 bits per heavy atom. The minimum atomic E-state index is -1.63. The summed E-state index contributed by atoms with van der Waals surface area (Å²) in [6, 6.07) is 124. The van der Waals surface area contributed by atoms with Crippen LogP contribution in [0.25, 0.3) is 65.9 Å². The van der Waals surface area contributed by atoms with Crippen LogP contribution in [0.1, 0.15) is 103 Å². The normalized spacial score (nSPS) is 12.6. The Balaban J connectivity index is 0.000000183. The number of likely N-dealkylation sites (N-methyl/N-ethyl adjacent to an activating group) is 2. The molecule has 3 fully saturated rings. The molecule has 0 unspecified atom stereocenters. The Labute approximate surface area is 880 Å². The Bertz CT molecular complexity index is 5860. The van der Waals surface area contributed by atoms with Crippen molar-refractivity contribution in [3.8, 4) is 17.0 Å². The predicted molar refractivity (Wildman–Crippen MR) is 651 cm³/mol. The summed E-state index contributed by atoms with van der Waals surface area (Å²) in [5, 5.41) is 5.94. The van der Waals surface area contributed by atoms with E-state index in [-0.39, 0.29) is 5.04 Å². The molecule has 14 heteroatoms. The average molecular weight is 1990 g/mol. The van der Waals surface area contributed by atoms with Gasteiger partial charge in [-0.15, -0.1) is 11.8 Å². The van der Waals surface area contributed by atoms with Crippen molar-refractivity contribution in [1.82, 2.24) is 19.3 Å². The summed E-state index contributed by atoms with van der Waals surface area (Å²) < 4.78 is 14.5. The van der Waals surface area contributed by atoms with Gasteiger partial charge in [-0.25, -0.2) is 0 Å². The molecule has 3 aliphatic rings. The van der Waals surface area contributed by atoms with Crippen LogP contribution in [-0.2, 0) is 4.43 Å². The molecular formula is C131H157N8O2PSSi2. The maximum absolute atomic E-state index is 6.21. The highest BCUT2D eigenvalue weighted by Gasteiger charge is 2.37. The Morgan fingerprint density at radius 2 is 0.710 bits per heavy atom. The minimum Gasteiger partial charge on any atom is -0.494 e. The molecule has 4 heterocycles. The van der Waals surface area contributed by atoms with E-state index in [1.165, 1.54) is 112 Å². The molecule has 3 aliphatic heterocycles. The predicted octanol–water partition coefficient (Wildman–Crippen LogP) is 31.6. The van der Waals surface area contributed by atoms with Crippen molar-refractivity contribution in [2.45, 2.75) is 89.0 Å². The van der Waals surface area contributed by atoms with Gasteiger partial charge in [0.15, 0.2) is 16.6 Å². The second-order valence-electron chi connectivity index (χ2n) is 37.9. The van der Waals surface area contributed by atoms with Gasteiger partial charge in [0.25, 0.3) is 0 Å². The van der Waals surface area contributed by atoms with E-state index >= 15 is 0 Å². The van der Waals surface area contributed by atoms with E-state index in [0.29, 0.717) is 0 Å². The van der Waals surface area contributed by atoms with E-state index < -0.39 is 24.5 Å². The van der Waals surface area contributed by atoms with Crippen molar-refractivity contribution in [1.29, 1.82) is 0 Å². The number of piperazine rings is 1. The summed E-state index contributed by atoms with van der Waals surface area (Å²) >= 11 is 1.75. The van der Waals surface area contributed by atoms with Crippen LogP contribution in [0, 0.1) is 0 Å². The Hall–Kier alpha value is -13.3. The van der Waals surface area contributed by atoms with Crippen molar-refractivity contribution in [2.75, 3.05) is 133 Å². The smallest absolute Gasteiger partial charge is 0.192 e. The summed E-state index contributed by atoms with van der Waals surface area (Å²) in [6.07, 6.45) is 27.2. The number of nitrogens with zero attached hydrogens (tertiary/aromatic N) is 8. The molecule has 0 aliphatic carbocycles. The Morgan fingerprint density at radius 1 is 0.366 bits per heavy atom. The number of thioether (sulfide) groups is 1. The van der Waals surface area contributed by atoms with Crippen molar-refractivity contribution in [3.05, 3.63) is 473 Å². The number of hydrogen-bond acceptors (Lipinski definition) is 11. The van der Waals surface area contributed by atoms with Crippen LogP contribution in [0.2, 0.25) is 31.2 Å². The zero-order valence-electron chi connectivity index (χ0n) is 88.5. The number of ether oxygens (including phenoxy) is 1. The van der Waals surface area contributed by atoms with Gasteiger partial charge in [0.1, 0.15) is 5.75 Å². The van der Waals surface area contributed by atoms with E-state index in [4.69, 9.17) is 9.16 Å². The topological polar surface area (TPSA) is 54.0 Å². The number of hydrogen-bond donors (Lipinski definition) is 0. The maximum atomic E-state index is 6.21. The van der Waals surface area contributed by atoms with Crippen molar-refractivity contribution in [3.63, 3.8) is 0 Å². The summed E-state index contributed by atoms with van der Waals surface area (Å²) in [6.45, 7) is 63.3. The van der Waals surface area contributed by atoms with Crippen LogP contribution in [0.15, 0.2) is 428 Å². The molecule has 3 saturated heterocycles. The lowest BCUT2D eigenvalue weighted by molar-refractivity contribution is 0.281. The molecule has 145 heavy (non-hydrogen) atoms. The number of anilines is 6. The third kappa shape index (κ3) is 39.0. The molecule has 0 spiro atoms. The third-order valence-electron chi connectivity index (χ3n) is 26.0. The van der Waals surface area contributed by atoms with Gasteiger partial charge >= 0.3 is 0 Å². The summed E-state index contributed by atoms with van der Waals surface area (Å²) in [5.41, 5.74) is 19.9. The molecule has 10 nitrogen and oxygen atoms in total. The first-order chi connectivity index (χ1) is 70.2. The van der Waals surface area contributed by atoms with Crippen LogP contribution in [0.5, 0.6) is 5.75 Å². The summed E-state index contributed by atoms with van der Waals surface area (Å²) in [4.78, 5) is 19.5. The van der Waals surface area contributed by atoms with Crippen molar-refractivity contribution >= 4 is 146 Å². The first-order valence-corrected chi connectivity index (χ1v) is 59.0. The molecule has 0 bridgehead atoms. The van der Waals surface area contributed by atoms with Crippen molar-refractivity contribution < 1.29 is 9.16 Å². The van der Waals surface area contributed by atoms with E-state index in [9.17, 15) is 0 Å². The standard InChI is InChI=1S/C20H17N.C20H17P.C17H29NOSi.C14H21NSi.C13H18N2.C13H19NO.C13H11N.C12H15N.C9H10S/c2*1-2-17-13-15-20(16-14-17)21(18-9-5-3-6-10-18)19-11-7-4-8-12-19;1-8-15-9-11-16(12-10-15)18(5)13-14-19-20(6,7)17(2,3)4;1-4-13-7-9-14(10-8-13)16(2,3)15-11-5-6-12-15;1-3-12-4-6-13(7-5-12)15-10-8-14(2)9-11-15;1-4-12-6-8-13(9-7-12)15-11-5-10-14(2)3;1-2-11-6-8-12(9-7-11)13-5-3-4-10-14-13;1-2-11-5-7-12(8-6-11)13-9-3-4-10-13;1-3-8-4-6-9(10-2)7-5-8/h2*2-16H,1H2;8-12H,1,13-14H2,2-7H3;4,7-10H,1,5-6,11-12H2,2-3H3;3-7H,1,8-11H2,2H3;4,6-9H,1,5,10-11H2,2-3H3;2-10H,1H2;2,5-8H,1,3-4,9-10H2;3-7H,1H2,2H3. The second kappa shape index (κ2) is 62.4. The zero-order valence-corrected chi connectivity index (χ0v) is 92.2. The largest absolute Gasteiger partial charge is 0.494 e. The van der Waals surface area contributed by atoms with Crippen LogP contribution in [0.4, 0.5) is 34.1 Å². The SMILES string of the molecule is C=Cc1ccc(-c2ccccn2)cc1.C=Cc1ccc(N(C)CCO[Si](C)(C)C(C)(C)C)cc1.C=Cc1ccc(N(c2ccccc2)c2ccccc2)cc1.C=Cc1ccc(N2CCCC2)cc1.C=Cc1ccc(N2CCN(C)CC2)cc1.C=Cc1ccc(OCCCN(C)C)cc1.C=Cc1ccc(P(c2ccccc2)c2ccccc2)cc1.C=Cc1ccc(SC)cc1.C=Cc1ccc([Si](C)(C)N2CCCC2)cc1.